The SMILES string of the molecule is CCCNC(=O)CNS(=O)(=O)c1c(N)cccc1F. The molecule has 19 heavy (non-hydrogen) atoms. The van der Waals surface area contributed by atoms with Crippen LogP contribution in [0, 0.1) is 5.82 Å². The van der Waals surface area contributed by atoms with Crippen molar-refractivity contribution in [3.8, 4) is 0 Å². The van der Waals surface area contributed by atoms with Gasteiger partial charge in [-0.25, -0.2) is 17.5 Å². The van der Waals surface area contributed by atoms with Crippen molar-refractivity contribution in [3.05, 3.63) is 24.0 Å². The molecule has 0 unspecified atom stereocenters. The van der Waals surface area contributed by atoms with E-state index in [1.54, 1.807) is 0 Å². The zero-order valence-electron chi connectivity index (χ0n) is 10.4. The number of carbonyl (C=O) groups is 1. The lowest BCUT2D eigenvalue weighted by atomic mass is 10.3. The van der Waals surface area contributed by atoms with Crippen molar-refractivity contribution in [2.75, 3.05) is 18.8 Å². The first-order valence-electron chi connectivity index (χ1n) is 5.69. The van der Waals surface area contributed by atoms with Crippen molar-refractivity contribution in [1.82, 2.24) is 10.0 Å². The van der Waals surface area contributed by atoms with Crippen LogP contribution >= 0.6 is 0 Å². The second kappa shape index (κ2) is 6.48. The van der Waals surface area contributed by atoms with Crippen molar-refractivity contribution in [2.24, 2.45) is 0 Å². The molecule has 106 valence electrons. The largest absolute Gasteiger partial charge is 0.398 e. The Morgan fingerprint density at radius 2 is 2.11 bits per heavy atom. The fourth-order valence-corrected chi connectivity index (χ4v) is 2.54. The first kappa shape index (κ1) is 15.4. The molecule has 0 radical (unpaired) electrons. The molecule has 0 fully saturated rings. The van der Waals surface area contributed by atoms with E-state index in [0.717, 1.165) is 12.5 Å². The number of hydrogen-bond acceptors (Lipinski definition) is 4. The summed E-state index contributed by atoms with van der Waals surface area (Å²) in [6.45, 7) is 1.85. The standard InChI is InChI=1S/C11H16FN3O3S/c1-2-6-14-10(16)7-15-19(17,18)11-8(12)4-3-5-9(11)13/h3-5,15H,2,6-7,13H2,1H3,(H,14,16). The Kier molecular flexibility index (Phi) is 5.25. The quantitative estimate of drug-likeness (QED) is 0.652. The number of nitrogens with one attached hydrogen (secondary N) is 2. The summed E-state index contributed by atoms with van der Waals surface area (Å²) in [7, 11) is -4.15. The van der Waals surface area contributed by atoms with E-state index in [2.05, 4.69) is 5.32 Å². The third-order valence-corrected chi connectivity index (χ3v) is 3.75. The van der Waals surface area contributed by atoms with E-state index in [9.17, 15) is 17.6 Å². The monoisotopic (exact) mass is 289 g/mol. The van der Waals surface area contributed by atoms with Crippen LogP contribution in [0.25, 0.3) is 0 Å². The number of anilines is 1. The summed E-state index contributed by atoms with van der Waals surface area (Å²) >= 11 is 0. The van der Waals surface area contributed by atoms with Gasteiger partial charge in [-0.2, -0.15) is 0 Å². The van der Waals surface area contributed by atoms with E-state index in [1.807, 2.05) is 11.6 Å². The van der Waals surface area contributed by atoms with Gasteiger partial charge in [-0.3, -0.25) is 4.79 Å². The first-order valence-corrected chi connectivity index (χ1v) is 7.17. The third-order valence-electron chi connectivity index (χ3n) is 2.26. The van der Waals surface area contributed by atoms with Gasteiger partial charge in [0.05, 0.1) is 12.2 Å². The zero-order valence-corrected chi connectivity index (χ0v) is 11.3. The number of hydrogen-bond donors (Lipinski definition) is 3. The summed E-state index contributed by atoms with van der Waals surface area (Å²) in [5, 5.41) is 2.49. The molecular formula is C11H16FN3O3S. The molecule has 0 saturated heterocycles. The van der Waals surface area contributed by atoms with Crippen molar-refractivity contribution in [1.29, 1.82) is 0 Å². The number of rotatable bonds is 6. The molecule has 0 aliphatic carbocycles. The summed E-state index contributed by atoms with van der Waals surface area (Å²) in [6.07, 6.45) is 0.735. The number of amides is 1. The van der Waals surface area contributed by atoms with Crippen LogP contribution in [0.1, 0.15) is 13.3 Å². The summed E-state index contributed by atoms with van der Waals surface area (Å²) in [6, 6.07) is 3.56. The minimum atomic E-state index is -4.15. The van der Waals surface area contributed by atoms with Crippen molar-refractivity contribution < 1.29 is 17.6 Å². The Morgan fingerprint density at radius 1 is 1.42 bits per heavy atom. The number of benzene rings is 1. The highest BCUT2D eigenvalue weighted by molar-refractivity contribution is 7.89. The number of nitrogens with two attached hydrogens (primary N) is 1. The minimum Gasteiger partial charge on any atom is -0.398 e. The van der Waals surface area contributed by atoms with Crippen LogP contribution in [-0.2, 0) is 14.8 Å². The Balaban J connectivity index is 2.80. The lowest BCUT2D eigenvalue weighted by Crippen LogP contribution is -2.37. The zero-order chi connectivity index (χ0) is 14.5. The average Bonchev–Trinajstić information content (AvgIpc) is 2.33. The van der Waals surface area contributed by atoms with Gasteiger partial charge in [0.2, 0.25) is 15.9 Å². The molecule has 1 rings (SSSR count). The highest BCUT2D eigenvalue weighted by Gasteiger charge is 2.22. The smallest absolute Gasteiger partial charge is 0.246 e. The maximum Gasteiger partial charge on any atom is 0.246 e. The molecule has 0 saturated carbocycles. The van der Waals surface area contributed by atoms with Gasteiger partial charge < -0.3 is 11.1 Å². The van der Waals surface area contributed by atoms with E-state index < -0.39 is 33.2 Å². The predicted octanol–water partition coefficient (Wildman–Crippen LogP) is 0.212. The average molecular weight is 289 g/mol. The summed E-state index contributed by atoms with van der Waals surface area (Å²) < 4.78 is 39.2. The van der Waals surface area contributed by atoms with Crippen molar-refractivity contribution in [2.45, 2.75) is 18.2 Å². The second-order valence-corrected chi connectivity index (χ2v) is 5.54. The molecule has 0 spiro atoms. The molecule has 1 aromatic carbocycles. The van der Waals surface area contributed by atoms with Gasteiger partial charge in [-0.1, -0.05) is 13.0 Å². The van der Waals surface area contributed by atoms with Gasteiger partial charge in [-0.05, 0) is 18.6 Å². The Labute approximate surface area is 111 Å². The van der Waals surface area contributed by atoms with Crippen molar-refractivity contribution >= 4 is 21.6 Å². The first-order chi connectivity index (χ1) is 8.88. The Bertz CT molecular complexity index is 540. The number of carbonyl (C=O) groups excluding carboxylic acids is 1. The van der Waals surface area contributed by atoms with Crippen LogP contribution in [-0.4, -0.2) is 27.4 Å². The highest BCUT2D eigenvalue weighted by atomic mass is 32.2. The molecule has 8 heteroatoms. The summed E-state index contributed by atoms with van der Waals surface area (Å²) in [4.78, 5) is 10.6. The minimum absolute atomic E-state index is 0.207. The van der Waals surface area contributed by atoms with Gasteiger partial charge in [0.15, 0.2) is 0 Å². The van der Waals surface area contributed by atoms with E-state index >= 15 is 0 Å². The normalized spacial score (nSPS) is 11.3. The van der Waals surface area contributed by atoms with Crippen LogP contribution in [0.5, 0.6) is 0 Å². The second-order valence-electron chi connectivity index (χ2n) is 3.83. The van der Waals surface area contributed by atoms with E-state index in [-0.39, 0.29) is 5.69 Å². The fraction of sp³-hybridized carbons (Fsp3) is 0.364. The van der Waals surface area contributed by atoms with E-state index in [1.165, 1.54) is 12.1 Å². The van der Waals surface area contributed by atoms with Crippen LogP contribution in [0.4, 0.5) is 10.1 Å². The Hall–Kier alpha value is -1.67. The molecule has 6 nitrogen and oxygen atoms in total. The lowest BCUT2D eigenvalue weighted by Gasteiger charge is -2.09. The molecule has 4 N–H and O–H groups in total. The molecule has 0 bridgehead atoms. The fourth-order valence-electron chi connectivity index (χ4n) is 1.37. The molecule has 0 atom stereocenters. The molecule has 1 aromatic rings. The molecule has 0 heterocycles. The van der Waals surface area contributed by atoms with E-state index in [0.29, 0.717) is 6.54 Å². The van der Waals surface area contributed by atoms with Crippen LogP contribution in [0.3, 0.4) is 0 Å². The van der Waals surface area contributed by atoms with Crippen molar-refractivity contribution in [3.63, 3.8) is 0 Å². The molecule has 0 aliphatic rings. The van der Waals surface area contributed by atoms with Gasteiger partial charge in [-0.15, -0.1) is 0 Å². The summed E-state index contributed by atoms with van der Waals surface area (Å²) in [5.41, 5.74) is 5.23. The van der Waals surface area contributed by atoms with Gasteiger partial charge in [0, 0.05) is 6.54 Å². The highest BCUT2D eigenvalue weighted by Crippen LogP contribution is 2.20. The number of nitrogen functional groups attached to an aromatic ring is 1. The maximum absolute atomic E-state index is 13.5. The van der Waals surface area contributed by atoms with Gasteiger partial charge in [0.1, 0.15) is 10.7 Å². The number of sulfonamides is 1. The molecule has 1 amide bonds. The number of halogens is 1. The van der Waals surface area contributed by atoms with Crippen LogP contribution in [0.2, 0.25) is 0 Å². The lowest BCUT2D eigenvalue weighted by molar-refractivity contribution is -0.119. The molecular weight excluding hydrogens is 273 g/mol. The Morgan fingerprint density at radius 3 is 2.68 bits per heavy atom. The van der Waals surface area contributed by atoms with Crippen LogP contribution in [0.15, 0.2) is 23.1 Å². The maximum atomic E-state index is 13.5. The van der Waals surface area contributed by atoms with Gasteiger partial charge in [0.25, 0.3) is 0 Å². The molecule has 0 aromatic heterocycles. The van der Waals surface area contributed by atoms with Gasteiger partial charge >= 0.3 is 0 Å². The van der Waals surface area contributed by atoms with Crippen LogP contribution < -0.4 is 15.8 Å². The van der Waals surface area contributed by atoms with E-state index in [4.69, 9.17) is 5.73 Å². The molecule has 0 aliphatic heterocycles. The predicted molar refractivity (Wildman–Crippen MR) is 69.3 cm³/mol. The third kappa shape index (κ3) is 4.18. The topological polar surface area (TPSA) is 101 Å². The summed E-state index contributed by atoms with van der Waals surface area (Å²) in [5.74, 6) is -1.44.